The molecule has 0 bridgehead atoms. The van der Waals surface area contributed by atoms with E-state index >= 15 is 0 Å². The van der Waals surface area contributed by atoms with Gasteiger partial charge < -0.3 is 6.53 Å². The maximum absolute atomic E-state index is 8.76. The quantitative estimate of drug-likeness (QED) is 0.387. The summed E-state index contributed by atoms with van der Waals surface area (Å²) in [6.45, 7) is 2.25. The van der Waals surface area contributed by atoms with Crippen LogP contribution in [0.3, 0.4) is 0 Å². The van der Waals surface area contributed by atoms with Gasteiger partial charge in [-0.05, 0) is 6.42 Å². The SMILES string of the molecule is CCCO.O=[Se](O)O.[H-].[Na+]. The summed E-state index contributed by atoms with van der Waals surface area (Å²) in [5.74, 6) is 0. The van der Waals surface area contributed by atoms with Crippen molar-refractivity contribution in [3.8, 4) is 0 Å². The van der Waals surface area contributed by atoms with Crippen LogP contribution in [-0.2, 0) is 3.83 Å². The maximum Gasteiger partial charge on any atom is 1.00 e. The smallest absolute Gasteiger partial charge is 1.00 e. The molecule has 0 rings (SSSR count). The summed E-state index contributed by atoms with van der Waals surface area (Å²) in [6, 6.07) is 0. The van der Waals surface area contributed by atoms with Gasteiger partial charge in [-0.2, -0.15) is 0 Å². The third-order valence-corrected chi connectivity index (χ3v) is 0.224. The Morgan fingerprint density at radius 1 is 1.56 bits per heavy atom. The van der Waals surface area contributed by atoms with Crippen LogP contribution in [0.15, 0.2) is 0 Å². The minimum atomic E-state index is -3.29. The van der Waals surface area contributed by atoms with E-state index in [4.69, 9.17) is 17.3 Å². The van der Waals surface area contributed by atoms with Crippen molar-refractivity contribution in [3.05, 3.63) is 0 Å². The van der Waals surface area contributed by atoms with Crippen molar-refractivity contribution in [1.82, 2.24) is 0 Å². The monoisotopic (exact) mass is 214 g/mol. The topological polar surface area (TPSA) is 77.8 Å². The number of aliphatic hydroxyl groups excluding tert-OH is 1. The van der Waals surface area contributed by atoms with E-state index in [2.05, 4.69) is 0 Å². The van der Waals surface area contributed by atoms with E-state index in [-0.39, 0.29) is 31.0 Å². The van der Waals surface area contributed by atoms with Crippen LogP contribution in [0.25, 0.3) is 0 Å². The van der Waals surface area contributed by atoms with Crippen LogP contribution in [0, 0.1) is 0 Å². The van der Waals surface area contributed by atoms with Crippen molar-refractivity contribution in [2.75, 3.05) is 6.61 Å². The minimum Gasteiger partial charge on any atom is -1.00 e. The van der Waals surface area contributed by atoms with E-state index in [1.165, 1.54) is 0 Å². The molecule has 0 aromatic rings. The number of rotatable bonds is 1. The standard InChI is InChI=1S/C3H8O.Na.H2O3Se.H/c1-2-3-4;;1-4(2)3;/h4H,2-3H2,1H3;;(H2,1,2,3);/q;+1;;-1. The van der Waals surface area contributed by atoms with Crippen molar-refractivity contribution in [2.24, 2.45) is 0 Å². The van der Waals surface area contributed by atoms with Gasteiger partial charge in [0.1, 0.15) is 0 Å². The van der Waals surface area contributed by atoms with Gasteiger partial charge >= 0.3 is 56.3 Å². The van der Waals surface area contributed by atoms with Crippen molar-refractivity contribution in [3.63, 3.8) is 0 Å². The van der Waals surface area contributed by atoms with Crippen LogP contribution in [0.4, 0.5) is 0 Å². The summed E-state index contributed by atoms with van der Waals surface area (Å²) >= 11 is -3.29. The molecule has 54 valence electrons. The molecule has 0 spiro atoms. The Balaban J connectivity index is -0.0000000300. The Labute approximate surface area is 82.4 Å². The zero-order chi connectivity index (χ0) is 6.99. The summed E-state index contributed by atoms with van der Waals surface area (Å²) in [5.41, 5.74) is 0. The third kappa shape index (κ3) is 98.6. The summed E-state index contributed by atoms with van der Waals surface area (Å²) in [5, 5.41) is 7.88. The van der Waals surface area contributed by atoms with E-state index in [0.29, 0.717) is 6.61 Å². The first-order valence-electron chi connectivity index (χ1n) is 2.06. The zero-order valence-corrected chi connectivity index (χ0v) is 9.29. The fourth-order valence-electron chi connectivity index (χ4n) is 0. The molecule has 4 nitrogen and oxygen atoms in total. The van der Waals surface area contributed by atoms with Crippen molar-refractivity contribution in [2.45, 2.75) is 13.3 Å². The van der Waals surface area contributed by atoms with Gasteiger partial charge in [0.15, 0.2) is 0 Å². The number of hydrogen-bond acceptors (Lipinski definition) is 2. The number of hydrogen-bond donors (Lipinski definition) is 3. The van der Waals surface area contributed by atoms with E-state index < -0.39 is 14.5 Å². The molecule has 0 amide bonds. The second kappa shape index (κ2) is 16.1. The fourth-order valence-corrected chi connectivity index (χ4v) is 0. The predicted molar refractivity (Wildman–Crippen MR) is 29.4 cm³/mol. The normalized spacial score (nSPS) is 7.22. The van der Waals surface area contributed by atoms with Gasteiger partial charge in [0.25, 0.3) is 0 Å². The first-order valence-corrected chi connectivity index (χ1v) is 4.29. The first kappa shape index (κ1) is 16.7. The summed E-state index contributed by atoms with van der Waals surface area (Å²) in [4.78, 5) is 0. The van der Waals surface area contributed by atoms with E-state index in [0.717, 1.165) is 6.42 Å². The van der Waals surface area contributed by atoms with Gasteiger partial charge in [0, 0.05) is 6.61 Å². The summed E-state index contributed by atoms with van der Waals surface area (Å²) in [6.07, 6.45) is 0.875. The Bertz CT molecular complexity index is 58.5. The molecule has 0 saturated heterocycles. The van der Waals surface area contributed by atoms with Crippen LogP contribution < -0.4 is 29.6 Å². The third-order valence-electron chi connectivity index (χ3n) is 0.224. The molecule has 9 heavy (non-hydrogen) atoms. The molecule has 3 N–H and O–H groups in total. The molecule has 0 aliphatic heterocycles. The molecule has 0 radical (unpaired) electrons. The van der Waals surface area contributed by atoms with Crippen molar-refractivity contribution >= 4 is 14.5 Å². The second-order valence-corrected chi connectivity index (χ2v) is 1.92. The second-order valence-electron chi connectivity index (χ2n) is 0.954. The van der Waals surface area contributed by atoms with Gasteiger partial charge in [-0.25, -0.2) is 0 Å². The van der Waals surface area contributed by atoms with Crippen molar-refractivity contribution in [1.29, 1.82) is 0 Å². The molecule has 0 unspecified atom stereocenters. The Kier molecular flexibility index (Phi) is 29.8. The van der Waals surface area contributed by atoms with Gasteiger partial charge in [-0.3, -0.25) is 0 Å². The molecule has 0 saturated carbocycles. The molecule has 0 aliphatic rings. The number of aliphatic hydroxyl groups is 1. The van der Waals surface area contributed by atoms with Crippen LogP contribution in [-0.4, -0.2) is 34.6 Å². The molecular formula is C3H11NaO4Se. The van der Waals surface area contributed by atoms with E-state index in [9.17, 15) is 0 Å². The van der Waals surface area contributed by atoms with Crippen LogP contribution in [0.1, 0.15) is 14.8 Å². The van der Waals surface area contributed by atoms with Crippen molar-refractivity contribution < 1.29 is 48.3 Å². The maximum atomic E-state index is 8.76. The van der Waals surface area contributed by atoms with Gasteiger partial charge in [0.2, 0.25) is 0 Å². The Morgan fingerprint density at radius 3 is 1.67 bits per heavy atom. The fraction of sp³-hybridized carbons (Fsp3) is 1.00. The summed E-state index contributed by atoms with van der Waals surface area (Å²) < 4.78 is 23.1. The minimum absolute atomic E-state index is 0. The average molecular weight is 213 g/mol. The molecule has 0 aromatic heterocycles. The zero-order valence-electron chi connectivity index (χ0n) is 6.57. The largest absolute Gasteiger partial charge is 1.00 e. The average Bonchev–Trinajstić information content (AvgIpc) is 1.65. The molecule has 0 heterocycles. The molecule has 0 aliphatic carbocycles. The molecule has 0 fully saturated rings. The first-order chi connectivity index (χ1) is 3.65. The Hall–Kier alpha value is 1.20. The van der Waals surface area contributed by atoms with Crippen LogP contribution in [0.5, 0.6) is 0 Å². The van der Waals surface area contributed by atoms with E-state index in [1.807, 2.05) is 6.92 Å². The predicted octanol–water partition coefficient (Wildman–Crippen LogP) is -4.11. The summed E-state index contributed by atoms with van der Waals surface area (Å²) in [7, 11) is 0. The van der Waals surface area contributed by atoms with Gasteiger partial charge in [-0.15, -0.1) is 0 Å². The van der Waals surface area contributed by atoms with E-state index in [1.54, 1.807) is 0 Å². The van der Waals surface area contributed by atoms with Gasteiger partial charge in [-0.1, -0.05) is 6.92 Å². The van der Waals surface area contributed by atoms with Crippen LogP contribution in [0.2, 0.25) is 0 Å². The molecular weight excluding hydrogens is 202 g/mol. The molecule has 6 heteroatoms. The Morgan fingerprint density at radius 2 is 1.67 bits per heavy atom. The van der Waals surface area contributed by atoms with Crippen LogP contribution >= 0.6 is 0 Å². The molecule has 0 atom stereocenters. The van der Waals surface area contributed by atoms with Gasteiger partial charge in [0.05, 0.1) is 0 Å². The molecule has 0 aromatic carbocycles.